The predicted octanol–water partition coefficient (Wildman–Crippen LogP) is 2.34. The lowest BCUT2D eigenvalue weighted by molar-refractivity contribution is -0.120. The quantitative estimate of drug-likeness (QED) is 0.851. The minimum absolute atomic E-state index is 0.109. The average molecular weight is 281 g/mol. The molecule has 0 fully saturated rings. The van der Waals surface area contributed by atoms with Gasteiger partial charge in [-0.05, 0) is 26.0 Å². The molecule has 1 rings (SSSR count). The maximum absolute atomic E-state index is 11.9. The molecule has 0 amide bonds. The van der Waals surface area contributed by atoms with Crippen LogP contribution in [0, 0.1) is 0 Å². The van der Waals surface area contributed by atoms with Gasteiger partial charge in [-0.15, -0.1) is 11.3 Å². The van der Waals surface area contributed by atoms with Gasteiger partial charge < -0.3 is 0 Å². The summed E-state index contributed by atoms with van der Waals surface area (Å²) in [6.45, 7) is 2.86. The van der Waals surface area contributed by atoms with Crippen molar-refractivity contribution in [3.8, 4) is 0 Å². The number of Topliss-reactive ketones (excluding diaryl/α,β-unsaturated/α-hetero) is 1. The first-order chi connectivity index (χ1) is 7.14. The van der Waals surface area contributed by atoms with Crippen molar-refractivity contribution in [3.63, 3.8) is 0 Å². The van der Waals surface area contributed by atoms with Gasteiger partial charge in [0.2, 0.25) is 0 Å². The Hall–Kier alpha value is -0.390. The lowest BCUT2D eigenvalue weighted by Crippen LogP contribution is -2.40. The van der Waals surface area contributed by atoms with Gasteiger partial charge in [-0.3, -0.25) is 4.79 Å². The molecule has 0 radical (unpaired) electrons. The molecule has 0 saturated heterocycles. The van der Waals surface area contributed by atoms with Crippen LogP contribution in [-0.2, 0) is 21.1 Å². The maximum atomic E-state index is 11.9. The Kier molecular flexibility index (Phi) is 3.82. The third-order valence-corrected chi connectivity index (χ3v) is 5.87. The second kappa shape index (κ2) is 4.47. The summed E-state index contributed by atoms with van der Waals surface area (Å²) in [7, 11) is -3.39. The highest BCUT2D eigenvalue weighted by Crippen LogP contribution is 2.25. The molecule has 0 bridgehead atoms. The van der Waals surface area contributed by atoms with E-state index in [4.69, 9.17) is 11.6 Å². The van der Waals surface area contributed by atoms with E-state index in [0.717, 1.165) is 11.1 Å². The zero-order valence-corrected chi connectivity index (χ0v) is 11.7. The smallest absolute Gasteiger partial charge is 0.159 e. The predicted molar refractivity (Wildman–Crippen MR) is 67.0 cm³/mol. The lowest BCUT2D eigenvalue weighted by atomic mass is 10.0. The Balaban J connectivity index is 2.89. The summed E-state index contributed by atoms with van der Waals surface area (Å²) in [5.41, 5.74) is 0. The van der Waals surface area contributed by atoms with E-state index in [1.54, 1.807) is 12.1 Å². The Morgan fingerprint density at radius 2 is 2.00 bits per heavy atom. The first kappa shape index (κ1) is 13.7. The highest BCUT2D eigenvalue weighted by atomic mass is 35.5. The Bertz CT molecular complexity index is 500. The topological polar surface area (TPSA) is 51.2 Å². The summed E-state index contributed by atoms with van der Waals surface area (Å²) >= 11 is 7.03. The van der Waals surface area contributed by atoms with E-state index in [9.17, 15) is 13.2 Å². The third-order valence-electron chi connectivity index (χ3n) is 2.56. The standard InChI is InChI=1S/C10H13ClO3S2/c1-10(2,16(3,13)14)8(12)6-7-4-5-9(11)15-7/h4-5H,6H2,1-3H3. The molecule has 1 aromatic rings. The first-order valence-corrected chi connectivity index (χ1v) is 7.70. The largest absolute Gasteiger partial charge is 0.298 e. The normalized spacial score (nSPS) is 12.8. The summed E-state index contributed by atoms with van der Waals surface area (Å²) in [4.78, 5) is 12.7. The number of rotatable bonds is 4. The van der Waals surface area contributed by atoms with Crippen LogP contribution in [0.3, 0.4) is 0 Å². The van der Waals surface area contributed by atoms with Gasteiger partial charge in [-0.1, -0.05) is 11.6 Å². The minimum Gasteiger partial charge on any atom is -0.298 e. The highest BCUT2D eigenvalue weighted by Gasteiger charge is 2.37. The van der Waals surface area contributed by atoms with E-state index in [1.165, 1.54) is 25.2 Å². The molecule has 0 saturated carbocycles. The summed E-state index contributed by atoms with van der Waals surface area (Å²) in [6, 6.07) is 3.44. The van der Waals surface area contributed by atoms with Crippen LogP contribution in [0.5, 0.6) is 0 Å². The lowest BCUT2D eigenvalue weighted by Gasteiger charge is -2.20. The zero-order valence-electron chi connectivity index (χ0n) is 9.28. The van der Waals surface area contributed by atoms with Crippen LogP contribution in [0.25, 0.3) is 0 Å². The number of halogens is 1. The Morgan fingerprint density at radius 3 is 2.38 bits per heavy atom. The van der Waals surface area contributed by atoms with Gasteiger partial charge in [-0.2, -0.15) is 0 Å². The number of hydrogen-bond donors (Lipinski definition) is 0. The molecule has 6 heteroatoms. The van der Waals surface area contributed by atoms with Gasteiger partial charge >= 0.3 is 0 Å². The molecular formula is C10H13ClO3S2. The SMILES string of the molecule is CC(C)(C(=O)Cc1ccc(Cl)s1)S(C)(=O)=O. The molecule has 0 aromatic carbocycles. The molecule has 0 aliphatic carbocycles. The minimum atomic E-state index is -3.39. The monoisotopic (exact) mass is 280 g/mol. The van der Waals surface area contributed by atoms with Crippen molar-refractivity contribution in [2.45, 2.75) is 25.0 Å². The van der Waals surface area contributed by atoms with Gasteiger partial charge in [0.15, 0.2) is 15.6 Å². The number of carbonyl (C=O) groups excluding carboxylic acids is 1. The van der Waals surface area contributed by atoms with Crippen molar-refractivity contribution in [2.24, 2.45) is 0 Å². The van der Waals surface area contributed by atoms with Crippen molar-refractivity contribution in [1.29, 1.82) is 0 Å². The molecule has 1 heterocycles. The molecule has 0 unspecified atom stereocenters. The zero-order chi connectivity index (χ0) is 12.6. The average Bonchev–Trinajstić information content (AvgIpc) is 2.49. The number of carbonyl (C=O) groups is 1. The van der Waals surface area contributed by atoms with Crippen molar-refractivity contribution in [3.05, 3.63) is 21.3 Å². The van der Waals surface area contributed by atoms with Crippen molar-refractivity contribution in [1.82, 2.24) is 0 Å². The summed E-state index contributed by atoms with van der Waals surface area (Å²) in [6.07, 6.45) is 1.18. The summed E-state index contributed by atoms with van der Waals surface area (Å²) in [5, 5.41) is 0. The van der Waals surface area contributed by atoms with Crippen LogP contribution >= 0.6 is 22.9 Å². The fourth-order valence-electron chi connectivity index (χ4n) is 1.02. The number of thiophene rings is 1. The van der Waals surface area contributed by atoms with Crippen molar-refractivity contribution < 1.29 is 13.2 Å². The van der Waals surface area contributed by atoms with Crippen LogP contribution < -0.4 is 0 Å². The molecule has 0 aliphatic heterocycles. The molecule has 16 heavy (non-hydrogen) atoms. The van der Waals surface area contributed by atoms with Gasteiger partial charge in [0.1, 0.15) is 4.75 Å². The van der Waals surface area contributed by atoms with Crippen LogP contribution in [0.15, 0.2) is 12.1 Å². The van der Waals surface area contributed by atoms with Gasteiger partial charge in [0.25, 0.3) is 0 Å². The van der Waals surface area contributed by atoms with E-state index in [1.807, 2.05) is 0 Å². The van der Waals surface area contributed by atoms with Gasteiger partial charge in [-0.25, -0.2) is 8.42 Å². The van der Waals surface area contributed by atoms with Crippen LogP contribution in [0.4, 0.5) is 0 Å². The molecule has 0 aliphatic rings. The Morgan fingerprint density at radius 1 is 1.44 bits per heavy atom. The number of hydrogen-bond acceptors (Lipinski definition) is 4. The van der Waals surface area contributed by atoms with Gasteiger partial charge in [0, 0.05) is 17.6 Å². The van der Waals surface area contributed by atoms with Crippen molar-refractivity contribution in [2.75, 3.05) is 6.26 Å². The fourth-order valence-corrected chi connectivity index (χ4v) is 2.60. The van der Waals surface area contributed by atoms with Crippen LogP contribution in [0.1, 0.15) is 18.7 Å². The van der Waals surface area contributed by atoms with E-state index in [0.29, 0.717) is 4.34 Å². The van der Waals surface area contributed by atoms with E-state index >= 15 is 0 Å². The molecule has 3 nitrogen and oxygen atoms in total. The summed E-state index contributed by atoms with van der Waals surface area (Å²) in [5.74, 6) is -0.312. The second-order valence-electron chi connectivity index (χ2n) is 4.09. The fraction of sp³-hybridized carbons (Fsp3) is 0.500. The van der Waals surface area contributed by atoms with E-state index in [2.05, 4.69) is 0 Å². The summed E-state index contributed by atoms with van der Waals surface area (Å²) < 4.78 is 22.1. The molecule has 90 valence electrons. The van der Waals surface area contributed by atoms with Crippen LogP contribution in [0.2, 0.25) is 4.34 Å². The Labute approximate surface area is 104 Å². The van der Waals surface area contributed by atoms with Gasteiger partial charge in [0.05, 0.1) is 4.34 Å². The number of sulfone groups is 1. The van der Waals surface area contributed by atoms with Crippen LogP contribution in [-0.4, -0.2) is 25.2 Å². The third kappa shape index (κ3) is 2.84. The number of ketones is 1. The molecule has 0 spiro atoms. The first-order valence-electron chi connectivity index (χ1n) is 4.61. The molecular weight excluding hydrogens is 268 g/mol. The highest BCUT2D eigenvalue weighted by molar-refractivity contribution is 7.92. The van der Waals surface area contributed by atoms with E-state index < -0.39 is 14.6 Å². The molecule has 0 N–H and O–H groups in total. The molecule has 1 aromatic heterocycles. The molecule has 0 atom stereocenters. The van der Waals surface area contributed by atoms with E-state index in [-0.39, 0.29) is 12.2 Å². The maximum Gasteiger partial charge on any atom is 0.159 e. The second-order valence-corrected chi connectivity index (χ2v) is 8.45. The van der Waals surface area contributed by atoms with Crippen molar-refractivity contribution >= 4 is 38.6 Å².